The number of rotatable bonds is 3. The predicted octanol–water partition coefficient (Wildman–Crippen LogP) is -1.27. The zero-order valence-corrected chi connectivity index (χ0v) is 21.5. The van der Waals surface area contributed by atoms with Gasteiger partial charge in [-0.2, -0.15) is 0 Å². The van der Waals surface area contributed by atoms with Crippen LogP contribution in [0.15, 0.2) is 12.1 Å². The molecule has 0 bridgehead atoms. The molecule has 1 saturated heterocycles. The number of hydrogen-bond donors (Lipinski definition) is 4. The molecular formula is C26H30N4O9. The Bertz CT molecular complexity index is 1300. The minimum absolute atomic E-state index is 0.0276. The number of primary amides is 1. The van der Waals surface area contributed by atoms with Crippen molar-refractivity contribution in [3.8, 4) is 5.75 Å². The van der Waals surface area contributed by atoms with E-state index in [0.717, 1.165) is 0 Å². The van der Waals surface area contributed by atoms with Gasteiger partial charge in [0, 0.05) is 19.0 Å². The number of phenolic OH excluding ortho intramolecular Hbond substituents is 1. The zero-order chi connectivity index (χ0) is 28.4. The lowest BCUT2D eigenvalue weighted by molar-refractivity contribution is -0.181. The van der Waals surface area contributed by atoms with E-state index in [4.69, 9.17) is 10.5 Å². The zero-order valence-electron chi connectivity index (χ0n) is 21.5. The average Bonchev–Trinajstić information content (AvgIpc) is 2.88. The van der Waals surface area contributed by atoms with Crippen molar-refractivity contribution in [2.45, 2.75) is 24.5 Å². The summed E-state index contributed by atoms with van der Waals surface area (Å²) >= 11 is 0. The van der Waals surface area contributed by atoms with Gasteiger partial charge in [-0.15, -0.1) is 0 Å². The molecule has 39 heavy (non-hydrogen) atoms. The summed E-state index contributed by atoms with van der Waals surface area (Å²) in [4.78, 5) is 81.6. The number of phenols is 1. The van der Waals surface area contributed by atoms with Crippen LogP contribution < -0.4 is 11.1 Å². The topological polar surface area (TPSA) is 197 Å². The van der Waals surface area contributed by atoms with Crippen molar-refractivity contribution in [3.05, 3.63) is 23.3 Å². The van der Waals surface area contributed by atoms with Crippen molar-refractivity contribution in [2.75, 3.05) is 45.7 Å². The van der Waals surface area contributed by atoms with E-state index in [1.807, 2.05) is 0 Å². The summed E-state index contributed by atoms with van der Waals surface area (Å²) in [6.07, 6.45) is 0.122. The van der Waals surface area contributed by atoms with Crippen LogP contribution in [0, 0.1) is 23.7 Å². The molecule has 13 heteroatoms. The minimum Gasteiger partial charge on any atom is -0.505 e. The summed E-state index contributed by atoms with van der Waals surface area (Å²) < 4.78 is 5.23. The molecule has 1 heterocycles. The number of carbonyl (C=O) groups excluding carboxylic acids is 6. The van der Waals surface area contributed by atoms with Crippen LogP contribution in [0.4, 0.5) is 10.5 Å². The molecule has 2 saturated carbocycles. The van der Waals surface area contributed by atoms with E-state index >= 15 is 0 Å². The number of morpholine rings is 1. The third-order valence-electron chi connectivity index (χ3n) is 8.47. The quantitative estimate of drug-likeness (QED) is 0.264. The van der Waals surface area contributed by atoms with Gasteiger partial charge in [-0.05, 0) is 44.5 Å². The molecule has 0 aromatic heterocycles. The highest BCUT2D eigenvalue weighted by atomic mass is 16.5. The summed E-state index contributed by atoms with van der Waals surface area (Å²) in [7, 11) is 3.05. The Morgan fingerprint density at radius 1 is 1.13 bits per heavy atom. The molecule has 0 radical (unpaired) electrons. The summed E-state index contributed by atoms with van der Waals surface area (Å²) in [6.45, 7) is 1.44. The molecule has 1 aliphatic heterocycles. The number of anilines is 1. The van der Waals surface area contributed by atoms with Crippen molar-refractivity contribution in [2.24, 2.45) is 29.4 Å². The van der Waals surface area contributed by atoms with Gasteiger partial charge in [-0.3, -0.25) is 28.9 Å². The standard InChI is InChI=1S/C26H30N4O9/c1-29(2)18-13-10-12-9-11-3-4-14(28-25(37)30-5-7-39-8-6-30)19(31)15(11)20(32)16(12)22(34)26(13,38)23(35)17(21(18)33)24(27)36/h3-4,12-13,16-18,31,38H,5-10H2,1-2H3,(H2,27,36)(H,28,37). The number of nitrogens with one attached hydrogen (secondary N) is 1. The molecular weight excluding hydrogens is 512 g/mol. The number of ether oxygens (including phenoxy) is 1. The number of likely N-dealkylation sites (N-methyl/N-ethyl adjacent to an activating group) is 1. The van der Waals surface area contributed by atoms with E-state index in [9.17, 15) is 39.0 Å². The Hall–Kier alpha value is -3.68. The van der Waals surface area contributed by atoms with E-state index in [0.29, 0.717) is 31.9 Å². The van der Waals surface area contributed by atoms with Gasteiger partial charge in [0.2, 0.25) is 5.91 Å². The lowest BCUT2D eigenvalue weighted by Crippen LogP contribution is -2.74. The number of carbonyl (C=O) groups is 6. The number of fused-ring (bicyclic) bond motifs is 3. The third kappa shape index (κ3) is 3.95. The van der Waals surface area contributed by atoms with Crippen LogP contribution >= 0.6 is 0 Å². The lowest BCUT2D eigenvalue weighted by Gasteiger charge is -2.52. The number of amides is 3. The van der Waals surface area contributed by atoms with Gasteiger partial charge in [0.05, 0.1) is 36.4 Å². The number of ketones is 4. The maximum atomic E-state index is 13.8. The molecule has 3 aliphatic carbocycles. The maximum absolute atomic E-state index is 13.8. The van der Waals surface area contributed by atoms with Gasteiger partial charge in [0.25, 0.3) is 0 Å². The minimum atomic E-state index is -2.78. The Balaban J connectivity index is 1.51. The van der Waals surface area contributed by atoms with Crippen LogP contribution in [0.3, 0.4) is 0 Å². The fraction of sp³-hybridized carbons (Fsp3) is 0.538. The second-order valence-electron chi connectivity index (χ2n) is 10.8. The van der Waals surface area contributed by atoms with Crippen molar-refractivity contribution < 1.29 is 43.7 Å². The van der Waals surface area contributed by atoms with Crippen LogP contribution in [0.5, 0.6) is 5.75 Å². The fourth-order valence-electron chi connectivity index (χ4n) is 6.64. The fourth-order valence-corrected chi connectivity index (χ4v) is 6.64. The molecule has 6 unspecified atom stereocenters. The smallest absolute Gasteiger partial charge is 0.322 e. The van der Waals surface area contributed by atoms with Gasteiger partial charge < -0.3 is 30.9 Å². The van der Waals surface area contributed by atoms with Gasteiger partial charge in [0.15, 0.2) is 34.7 Å². The SMILES string of the molecule is CN(C)C1C(=O)C(C(N)=O)C(=O)C2(O)C(=O)C3C(=O)c4c(ccc(NC(=O)N5CCOCC5)c4O)CC3CC12. The first-order valence-corrected chi connectivity index (χ1v) is 12.7. The molecule has 5 rings (SSSR count). The molecule has 4 aliphatic rings. The van der Waals surface area contributed by atoms with Crippen LogP contribution in [0.25, 0.3) is 0 Å². The predicted molar refractivity (Wildman–Crippen MR) is 133 cm³/mol. The molecule has 1 aromatic carbocycles. The van der Waals surface area contributed by atoms with Crippen LogP contribution in [0.1, 0.15) is 22.3 Å². The Kier molecular flexibility index (Phi) is 6.56. The van der Waals surface area contributed by atoms with Crippen LogP contribution in [-0.2, 0) is 30.3 Å². The normalized spacial score (nSPS) is 32.4. The number of nitrogens with two attached hydrogens (primary N) is 1. The third-order valence-corrected chi connectivity index (χ3v) is 8.47. The first-order valence-electron chi connectivity index (χ1n) is 12.7. The molecule has 208 valence electrons. The highest BCUT2D eigenvalue weighted by molar-refractivity contribution is 6.32. The lowest BCUT2D eigenvalue weighted by atomic mass is 9.52. The van der Waals surface area contributed by atoms with Gasteiger partial charge in [0.1, 0.15) is 5.75 Å². The highest BCUT2D eigenvalue weighted by Gasteiger charge is 2.69. The first kappa shape index (κ1) is 26.9. The summed E-state index contributed by atoms with van der Waals surface area (Å²) in [5, 5.41) is 25.2. The van der Waals surface area contributed by atoms with Crippen molar-refractivity contribution in [3.63, 3.8) is 0 Å². The number of urea groups is 1. The number of aromatic hydroxyl groups is 1. The molecule has 0 spiro atoms. The summed E-state index contributed by atoms with van der Waals surface area (Å²) in [5.74, 6) is -11.2. The largest absolute Gasteiger partial charge is 0.505 e. The Morgan fingerprint density at radius 2 is 1.79 bits per heavy atom. The van der Waals surface area contributed by atoms with E-state index < -0.39 is 76.1 Å². The maximum Gasteiger partial charge on any atom is 0.322 e. The monoisotopic (exact) mass is 542 g/mol. The van der Waals surface area contributed by atoms with E-state index in [1.165, 1.54) is 30.0 Å². The molecule has 3 fully saturated rings. The highest BCUT2D eigenvalue weighted by Crippen LogP contribution is 2.51. The Labute approximate surface area is 223 Å². The summed E-state index contributed by atoms with van der Waals surface area (Å²) in [5.41, 5.74) is 2.77. The number of nitrogens with zero attached hydrogens (tertiary/aromatic N) is 2. The van der Waals surface area contributed by atoms with Gasteiger partial charge in [-0.25, -0.2) is 4.79 Å². The number of Topliss-reactive ketones (excluding diaryl/α,β-unsaturated/α-hetero) is 4. The average molecular weight is 543 g/mol. The molecule has 6 atom stereocenters. The summed E-state index contributed by atoms with van der Waals surface area (Å²) in [6, 6.07) is 1.39. The second-order valence-corrected chi connectivity index (χ2v) is 10.8. The molecule has 5 N–H and O–H groups in total. The van der Waals surface area contributed by atoms with Crippen molar-refractivity contribution in [1.82, 2.24) is 9.80 Å². The number of hydrogen-bond acceptors (Lipinski definition) is 10. The number of benzene rings is 1. The van der Waals surface area contributed by atoms with Gasteiger partial charge in [-0.1, -0.05) is 6.07 Å². The van der Waals surface area contributed by atoms with Crippen molar-refractivity contribution in [1.29, 1.82) is 0 Å². The first-order chi connectivity index (χ1) is 18.4. The number of aliphatic hydroxyl groups is 1. The molecule has 13 nitrogen and oxygen atoms in total. The van der Waals surface area contributed by atoms with E-state index in [2.05, 4.69) is 5.32 Å². The van der Waals surface area contributed by atoms with Crippen molar-refractivity contribution >= 4 is 40.8 Å². The molecule has 3 amide bonds. The van der Waals surface area contributed by atoms with E-state index in [1.54, 1.807) is 6.07 Å². The van der Waals surface area contributed by atoms with Crippen LogP contribution in [0.2, 0.25) is 0 Å². The van der Waals surface area contributed by atoms with E-state index in [-0.39, 0.29) is 24.1 Å². The molecule has 1 aromatic rings. The van der Waals surface area contributed by atoms with Crippen LogP contribution in [-0.4, -0.2) is 107 Å². The second kappa shape index (κ2) is 9.50. The van der Waals surface area contributed by atoms with Gasteiger partial charge >= 0.3 is 6.03 Å². The Morgan fingerprint density at radius 3 is 2.41 bits per heavy atom.